The fraction of sp³-hybridized carbons (Fsp3) is 0.769. The molecular weight excluding hydrogens is 262 g/mol. The quantitative estimate of drug-likeness (QED) is 0.915. The molecule has 1 fully saturated rings. The van der Waals surface area contributed by atoms with Crippen LogP contribution in [0.4, 0.5) is 0 Å². The van der Waals surface area contributed by atoms with E-state index in [0.29, 0.717) is 11.4 Å². The van der Waals surface area contributed by atoms with Gasteiger partial charge in [0.2, 0.25) is 0 Å². The van der Waals surface area contributed by atoms with E-state index in [0.717, 1.165) is 36.5 Å². The molecule has 0 aliphatic heterocycles. The molecule has 1 amide bonds. The van der Waals surface area contributed by atoms with Crippen molar-refractivity contribution in [3.05, 3.63) is 10.6 Å². The highest BCUT2D eigenvalue weighted by molar-refractivity contribution is 7.08. The average molecular weight is 283 g/mol. The highest BCUT2D eigenvalue weighted by Gasteiger charge is 2.33. The first-order valence-electron chi connectivity index (χ1n) is 6.70. The third-order valence-electron chi connectivity index (χ3n) is 3.51. The number of rotatable bonds is 4. The fourth-order valence-corrected chi connectivity index (χ4v) is 3.04. The van der Waals surface area contributed by atoms with E-state index in [1.54, 1.807) is 4.90 Å². The molecule has 106 valence electrons. The molecule has 0 radical (unpaired) electrons. The van der Waals surface area contributed by atoms with Crippen LogP contribution in [0.25, 0.3) is 0 Å². The van der Waals surface area contributed by atoms with E-state index in [2.05, 4.69) is 9.59 Å². The molecule has 0 aromatic carbocycles. The number of aliphatic hydroxyl groups excluding tert-OH is 1. The molecule has 6 heteroatoms. The Morgan fingerprint density at radius 1 is 1.47 bits per heavy atom. The van der Waals surface area contributed by atoms with Crippen molar-refractivity contribution < 1.29 is 9.90 Å². The van der Waals surface area contributed by atoms with Gasteiger partial charge in [0.15, 0.2) is 0 Å². The predicted molar refractivity (Wildman–Crippen MR) is 74.4 cm³/mol. The minimum atomic E-state index is -0.192. The van der Waals surface area contributed by atoms with E-state index in [9.17, 15) is 4.79 Å². The average Bonchev–Trinajstić information content (AvgIpc) is 2.73. The smallest absolute Gasteiger partial charge is 0.267 e. The first kappa shape index (κ1) is 14.4. The highest BCUT2D eigenvalue weighted by Crippen LogP contribution is 2.30. The summed E-state index contributed by atoms with van der Waals surface area (Å²) in [6.07, 6.45) is 3.22. The minimum absolute atomic E-state index is 0.000671. The number of hydrogen-bond acceptors (Lipinski definition) is 5. The Labute approximate surface area is 117 Å². The number of nitrogens with zero attached hydrogens (tertiary/aromatic N) is 3. The van der Waals surface area contributed by atoms with E-state index >= 15 is 0 Å². The van der Waals surface area contributed by atoms with Crippen molar-refractivity contribution in [3.63, 3.8) is 0 Å². The van der Waals surface area contributed by atoms with Gasteiger partial charge in [-0.15, -0.1) is 5.10 Å². The number of carbonyl (C=O) groups is 1. The second kappa shape index (κ2) is 5.54. The van der Waals surface area contributed by atoms with E-state index in [1.807, 2.05) is 20.8 Å². The number of hydrogen-bond donors (Lipinski definition) is 1. The van der Waals surface area contributed by atoms with Gasteiger partial charge < -0.3 is 10.0 Å². The Morgan fingerprint density at radius 2 is 2.16 bits per heavy atom. The van der Waals surface area contributed by atoms with Crippen molar-refractivity contribution in [2.45, 2.75) is 51.5 Å². The molecular formula is C13H21N3O2S. The van der Waals surface area contributed by atoms with Crippen molar-refractivity contribution in [2.24, 2.45) is 0 Å². The lowest BCUT2D eigenvalue weighted by Gasteiger charge is -2.37. The number of amides is 1. The Morgan fingerprint density at radius 3 is 2.63 bits per heavy atom. The Bertz CT molecular complexity index is 449. The second-order valence-electron chi connectivity index (χ2n) is 6.01. The van der Waals surface area contributed by atoms with Crippen LogP contribution in [0.3, 0.4) is 0 Å². The fourth-order valence-electron chi connectivity index (χ4n) is 2.21. The van der Waals surface area contributed by atoms with Crippen molar-refractivity contribution in [1.82, 2.24) is 14.5 Å². The third-order valence-corrected chi connectivity index (χ3v) is 4.22. The Kier molecular flexibility index (Phi) is 4.20. The molecule has 0 spiro atoms. The first-order valence-corrected chi connectivity index (χ1v) is 7.47. The lowest BCUT2D eigenvalue weighted by molar-refractivity contribution is 0.0528. The molecule has 1 aromatic heterocycles. The van der Waals surface area contributed by atoms with Crippen LogP contribution in [0.15, 0.2) is 0 Å². The zero-order chi connectivity index (χ0) is 14.0. The van der Waals surface area contributed by atoms with Crippen LogP contribution < -0.4 is 0 Å². The summed E-state index contributed by atoms with van der Waals surface area (Å²) in [5, 5.41) is 13.3. The first-order chi connectivity index (χ1) is 8.95. The number of carbonyl (C=O) groups excluding carboxylic acids is 1. The summed E-state index contributed by atoms with van der Waals surface area (Å²) in [6.45, 7) is 6.48. The molecule has 1 heterocycles. The molecule has 1 N–H and O–H groups in total. The maximum absolute atomic E-state index is 12.6. The third kappa shape index (κ3) is 2.95. The maximum atomic E-state index is 12.6. The van der Waals surface area contributed by atoms with E-state index < -0.39 is 0 Å². The second-order valence-corrected chi connectivity index (χ2v) is 6.76. The maximum Gasteiger partial charge on any atom is 0.267 e. The van der Waals surface area contributed by atoms with Gasteiger partial charge in [-0.3, -0.25) is 4.79 Å². The van der Waals surface area contributed by atoms with Crippen LogP contribution >= 0.6 is 11.5 Å². The molecule has 19 heavy (non-hydrogen) atoms. The van der Waals surface area contributed by atoms with E-state index in [-0.39, 0.29) is 24.0 Å². The molecule has 1 saturated carbocycles. The standard InChI is InChI=1S/C13H21N3O2S/c1-13(2,3)11-10(19-15-14-11)12(18)16(7-8-17)9-5-4-6-9/h9,17H,4-8H2,1-3H3. The molecule has 0 bridgehead atoms. The van der Waals surface area contributed by atoms with Crippen molar-refractivity contribution in [1.29, 1.82) is 0 Å². The zero-order valence-corrected chi connectivity index (χ0v) is 12.5. The van der Waals surface area contributed by atoms with Gasteiger partial charge in [-0.1, -0.05) is 25.3 Å². The van der Waals surface area contributed by atoms with Crippen LogP contribution in [0.2, 0.25) is 0 Å². The number of aromatic nitrogens is 2. The summed E-state index contributed by atoms with van der Waals surface area (Å²) in [6, 6.07) is 0.273. The monoisotopic (exact) mass is 283 g/mol. The van der Waals surface area contributed by atoms with Crippen molar-refractivity contribution in [3.8, 4) is 0 Å². The lowest BCUT2D eigenvalue weighted by Crippen LogP contribution is -2.45. The van der Waals surface area contributed by atoms with Crippen LogP contribution in [-0.4, -0.2) is 44.7 Å². The van der Waals surface area contributed by atoms with Gasteiger partial charge in [0.05, 0.1) is 12.3 Å². The van der Waals surface area contributed by atoms with Gasteiger partial charge in [-0.25, -0.2) is 0 Å². The molecule has 0 atom stereocenters. The van der Waals surface area contributed by atoms with Crippen LogP contribution in [0.5, 0.6) is 0 Å². The van der Waals surface area contributed by atoms with Gasteiger partial charge in [0.1, 0.15) is 4.88 Å². The van der Waals surface area contributed by atoms with E-state index in [4.69, 9.17) is 5.11 Å². The summed E-state index contributed by atoms with van der Waals surface area (Å²) in [4.78, 5) is 15.0. The molecule has 0 saturated heterocycles. The molecule has 1 aromatic rings. The van der Waals surface area contributed by atoms with Gasteiger partial charge in [0, 0.05) is 18.0 Å². The highest BCUT2D eigenvalue weighted by atomic mass is 32.1. The molecule has 0 unspecified atom stereocenters. The van der Waals surface area contributed by atoms with Crippen LogP contribution in [0, 0.1) is 0 Å². The van der Waals surface area contributed by atoms with Crippen molar-refractivity contribution in [2.75, 3.05) is 13.2 Å². The molecule has 5 nitrogen and oxygen atoms in total. The summed E-state index contributed by atoms with van der Waals surface area (Å²) in [5.74, 6) is -0.0290. The van der Waals surface area contributed by atoms with Crippen LogP contribution in [0.1, 0.15) is 55.4 Å². The molecule has 1 aliphatic carbocycles. The van der Waals surface area contributed by atoms with Crippen LogP contribution in [-0.2, 0) is 5.41 Å². The summed E-state index contributed by atoms with van der Waals surface area (Å²) < 4.78 is 3.94. The van der Waals surface area contributed by atoms with E-state index in [1.165, 1.54) is 0 Å². The van der Waals surface area contributed by atoms with Gasteiger partial charge in [-0.2, -0.15) is 0 Å². The van der Waals surface area contributed by atoms with Gasteiger partial charge in [0.25, 0.3) is 5.91 Å². The summed E-state index contributed by atoms with van der Waals surface area (Å²) in [5.41, 5.74) is 0.562. The topological polar surface area (TPSA) is 66.3 Å². The molecule has 1 aliphatic rings. The van der Waals surface area contributed by atoms with Crippen molar-refractivity contribution >= 4 is 17.4 Å². The largest absolute Gasteiger partial charge is 0.395 e. The summed E-state index contributed by atoms with van der Waals surface area (Å²) >= 11 is 1.16. The number of aliphatic hydroxyl groups is 1. The normalized spacial score (nSPS) is 16.2. The predicted octanol–water partition coefficient (Wildman–Crippen LogP) is 1.82. The summed E-state index contributed by atoms with van der Waals surface area (Å²) in [7, 11) is 0. The lowest BCUT2D eigenvalue weighted by atomic mass is 9.89. The molecule has 2 rings (SSSR count). The Balaban J connectivity index is 2.24. The van der Waals surface area contributed by atoms with Gasteiger partial charge >= 0.3 is 0 Å². The van der Waals surface area contributed by atoms with Gasteiger partial charge in [-0.05, 0) is 30.8 Å². The minimum Gasteiger partial charge on any atom is -0.395 e. The zero-order valence-electron chi connectivity index (χ0n) is 11.7. The SMILES string of the molecule is CC(C)(C)c1nnsc1C(=O)N(CCO)C1CCC1. The Hall–Kier alpha value is -1.01.